The molecule has 1 rings (SSSR count). The average molecular weight is 163 g/mol. The Kier molecular flexibility index (Phi) is 3.15. The third-order valence-corrected chi connectivity index (χ3v) is 1.81. The largest absolute Gasteiger partial charge is 0.491 e. The molecule has 0 aromatic heterocycles. The van der Waals surface area contributed by atoms with Gasteiger partial charge in [0, 0.05) is 0 Å². The Morgan fingerprint density at radius 2 is 2.25 bits per heavy atom. The standard InChI is InChI=1S/C11H15O/c1-4-10(3)12-11-7-5-6-9(2)8-11/h5-8,10H,2,4H2,1,3H3. The van der Waals surface area contributed by atoms with Crippen molar-refractivity contribution >= 4 is 0 Å². The van der Waals surface area contributed by atoms with Gasteiger partial charge in [0.05, 0.1) is 6.10 Å². The molecule has 0 aliphatic carbocycles. The predicted octanol–water partition coefficient (Wildman–Crippen LogP) is 3.05. The number of hydrogen-bond acceptors (Lipinski definition) is 1. The van der Waals surface area contributed by atoms with Gasteiger partial charge in [0.1, 0.15) is 5.75 Å². The van der Waals surface area contributed by atoms with E-state index in [1.165, 1.54) is 0 Å². The molecule has 1 aromatic rings. The molecule has 12 heavy (non-hydrogen) atoms. The highest BCUT2D eigenvalue weighted by Gasteiger charge is 1.99. The lowest BCUT2D eigenvalue weighted by Gasteiger charge is -2.12. The summed E-state index contributed by atoms with van der Waals surface area (Å²) < 4.78 is 5.60. The minimum absolute atomic E-state index is 0.284. The minimum Gasteiger partial charge on any atom is -0.491 e. The summed E-state index contributed by atoms with van der Waals surface area (Å²) in [5.41, 5.74) is 0.996. The lowest BCUT2D eigenvalue weighted by molar-refractivity contribution is 0.217. The molecule has 0 bridgehead atoms. The first-order valence-electron chi connectivity index (χ1n) is 4.31. The summed E-state index contributed by atoms with van der Waals surface area (Å²) >= 11 is 0. The highest BCUT2D eigenvalue weighted by molar-refractivity contribution is 5.30. The molecule has 1 nitrogen and oxygen atoms in total. The fourth-order valence-corrected chi connectivity index (χ4v) is 0.934. The van der Waals surface area contributed by atoms with Crippen molar-refractivity contribution in [2.45, 2.75) is 26.4 Å². The third kappa shape index (κ3) is 2.57. The van der Waals surface area contributed by atoms with E-state index in [1.54, 1.807) is 0 Å². The van der Waals surface area contributed by atoms with Gasteiger partial charge in [-0.15, -0.1) is 0 Å². The molecule has 0 amide bonds. The van der Waals surface area contributed by atoms with Gasteiger partial charge in [-0.05, 0) is 38.0 Å². The maximum absolute atomic E-state index is 5.60. The van der Waals surface area contributed by atoms with Crippen LogP contribution in [0.25, 0.3) is 0 Å². The smallest absolute Gasteiger partial charge is 0.119 e. The topological polar surface area (TPSA) is 9.23 Å². The number of hydrogen-bond donors (Lipinski definition) is 0. The van der Waals surface area contributed by atoms with E-state index >= 15 is 0 Å². The number of rotatable bonds is 3. The Labute approximate surface area is 74.4 Å². The van der Waals surface area contributed by atoms with Crippen LogP contribution >= 0.6 is 0 Å². The van der Waals surface area contributed by atoms with E-state index in [2.05, 4.69) is 20.8 Å². The summed E-state index contributed by atoms with van der Waals surface area (Å²) in [5, 5.41) is 0. The van der Waals surface area contributed by atoms with Gasteiger partial charge < -0.3 is 4.74 Å². The molecular formula is C11H15O. The highest BCUT2D eigenvalue weighted by atomic mass is 16.5. The van der Waals surface area contributed by atoms with Crippen molar-refractivity contribution in [1.29, 1.82) is 0 Å². The van der Waals surface area contributed by atoms with Gasteiger partial charge in [-0.2, -0.15) is 0 Å². The Morgan fingerprint density at radius 3 is 2.83 bits per heavy atom. The molecule has 0 spiro atoms. The fourth-order valence-electron chi connectivity index (χ4n) is 0.934. The van der Waals surface area contributed by atoms with Crippen LogP contribution in [0.1, 0.15) is 25.8 Å². The molecule has 1 atom stereocenters. The second kappa shape index (κ2) is 4.15. The molecule has 0 saturated carbocycles. The summed E-state index contributed by atoms with van der Waals surface area (Å²) in [6.07, 6.45) is 1.31. The Balaban J connectivity index is 2.63. The quantitative estimate of drug-likeness (QED) is 0.665. The van der Waals surface area contributed by atoms with Crippen LogP contribution in [0.5, 0.6) is 5.75 Å². The van der Waals surface area contributed by atoms with Crippen molar-refractivity contribution in [3.8, 4) is 5.75 Å². The van der Waals surface area contributed by atoms with Crippen LogP contribution in [0, 0.1) is 6.92 Å². The van der Waals surface area contributed by atoms with Crippen LogP contribution < -0.4 is 4.74 Å². The molecule has 0 fully saturated rings. The molecule has 1 unspecified atom stereocenters. The molecule has 1 radical (unpaired) electrons. The number of benzene rings is 1. The molecule has 0 N–H and O–H groups in total. The van der Waals surface area contributed by atoms with E-state index in [1.807, 2.05) is 24.3 Å². The molecule has 0 aliphatic rings. The lowest BCUT2D eigenvalue weighted by Crippen LogP contribution is -2.09. The summed E-state index contributed by atoms with van der Waals surface area (Å²) in [6.45, 7) is 8.01. The van der Waals surface area contributed by atoms with Crippen LogP contribution in [0.15, 0.2) is 24.3 Å². The molecule has 0 aliphatic heterocycles. The Hall–Kier alpha value is -0.980. The summed E-state index contributed by atoms with van der Waals surface area (Å²) in [4.78, 5) is 0. The van der Waals surface area contributed by atoms with Crippen molar-refractivity contribution in [1.82, 2.24) is 0 Å². The second-order valence-corrected chi connectivity index (χ2v) is 2.98. The van der Waals surface area contributed by atoms with Crippen LogP contribution in [-0.2, 0) is 0 Å². The Morgan fingerprint density at radius 1 is 1.50 bits per heavy atom. The van der Waals surface area contributed by atoms with E-state index in [4.69, 9.17) is 4.74 Å². The van der Waals surface area contributed by atoms with Gasteiger partial charge >= 0.3 is 0 Å². The molecule has 65 valence electrons. The van der Waals surface area contributed by atoms with Crippen molar-refractivity contribution in [2.75, 3.05) is 0 Å². The highest BCUT2D eigenvalue weighted by Crippen LogP contribution is 2.14. The average Bonchev–Trinajstić information content (AvgIpc) is 2.04. The SMILES string of the molecule is [CH2]c1cccc(OC(C)CC)c1. The van der Waals surface area contributed by atoms with E-state index in [9.17, 15) is 0 Å². The predicted molar refractivity (Wildman–Crippen MR) is 51.3 cm³/mol. The molecule has 0 saturated heterocycles. The fraction of sp³-hybridized carbons (Fsp3) is 0.364. The van der Waals surface area contributed by atoms with E-state index < -0.39 is 0 Å². The maximum atomic E-state index is 5.60. The maximum Gasteiger partial charge on any atom is 0.119 e. The van der Waals surface area contributed by atoms with Gasteiger partial charge in [-0.3, -0.25) is 0 Å². The van der Waals surface area contributed by atoms with Crippen molar-refractivity contribution < 1.29 is 4.74 Å². The first kappa shape index (κ1) is 9.11. The molecule has 1 aromatic carbocycles. The van der Waals surface area contributed by atoms with Gasteiger partial charge in [0.15, 0.2) is 0 Å². The zero-order valence-electron chi connectivity index (χ0n) is 7.71. The zero-order valence-corrected chi connectivity index (χ0v) is 7.71. The zero-order chi connectivity index (χ0) is 8.97. The van der Waals surface area contributed by atoms with Crippen LogP contribution in [0.2, 0.25) is 0 Å². The van der Waals surface area contributed by atoms with E-state index in [0.29, 0.717) is 0 Å². The summed E-state index contributed by atoms with van der Waals surface area (Å²) in [7, 11) is 0. The lowest BCUT2D eigenvalue weighted by atomic mass is 10.2. The first-order valence-corrected chi connectivity index (χ1v) is 4.31. The van der Waals surface area contributed by atoms with Gasteiger partial charge in [-0.1, -0.05) is 19.1 Å². The van der Waals surface area contributed by atoms with Crippen LogP contribution in [-0.4, -0.2) is 6.10 Å². The van der Waals surface area contributed by atoms with Crippen LogP contribution in [0.4, 0.5) is 0 Å². The minimum atomic E-state index is 0.284. The van der Waals surface area contributed by atoms with Gasteiger partial charge in [-0.25, -0.2) is 0 Å². The summed E-state index contributed by atoms with van der Waals surface area (Å²) in [6, 6.07) is 7.83. The van der Waals surface area contributed by atoms with Gasteiger partial charge in [0.25, 0.3) is 0 Å². The van der Waals surface area contributed by atoms with Gasteiger partial charge in [0.2, 0.25) is 0 Å². The Bertz CT molecular complexity index is 243. The monoisotopic (exact) mass is 163 g/mol. The van der Waals surface area contributed by atoms with Crippen LogP contribution in [0.3, 0.4) is 0 Å². The van der Waals surface area contributed by atoms with E-state index in [0.717, 1.165) is 17.7 Å². The van der Waals surface area contributed by atoms with E-state index in [-0.39, 0.29) is 6.10 Å². The first-order chi connectivity index (χ1) is 5.72. The van der Waals surface area contributed by atoms with Crippen molar-refractivity contribution in [2.24, 2.45) is 0 Å². The number of ether oxygens (including phenoxy) is 1. The second-order valence-electron chi connectivity index (χ2n) is 2.98. The summed E-state index contributed by atoms with van der Waals surface area (Å²) in [5.74, 6) is 0.914. The molecular weight excluding hydrogens is 148 g/mol. The normalized spacial score (nSPS) is 12.6. The molecule has 1 heteroatoms. The van der Waals surface area contributed by atoms with Crippen molar-refractivity contribution in [3.63, 3.8) is 0 Å². The molecule has 0 heterocycles. The van der Waals surface area contributed by atoms with Crippen molar-refractivity contribution in [3.05, 3.63) is 36.8 Å². The third-order valence-electron chi connectivity index (χ3n) is 1.81.